The molecule has 3 aromatic heterocycles. The van der Waals surface area contributed by atoms with Crippen LogP contribution >= 0.6 is 22.7 Å². The van der Waals surface area contributed by atoms with Crippen LogP contribution in [0.4, 0.5) is 5.13 Å². The average molecular weight is 400 g/mol. The predicted octanol–water partition coefficient (Wildman–Crippen LogP) is 2.76. The van der Waals surface area contributed by atoms with Crippen LogP contribution < -0.4 is 16.2 Å². The molecule has 7 nitrogen and oxygen atoms in total. The minimum atomic E-state index is -0.191. The summed E-state index contributed by atoms with van der Waals surface area (Å²) in [6.07, 6.45) is 1.48. The minimum Gasteiger partial charge on any atom is -0.360 e. The number of anilines is 1. The second kappa shape index (κ2) is 7.09. The van der Waals surface area contributed by atoms with Crippen molar-refractivity contribution in [1.29, 1.82) is 0 Å². The first-order chi connectivity index (χ1) is 13.0. The van der Waals surface area contributed by atoms with Gasteiger partial charge in [-0.05, 0) is 24.6 Å². The maximum Gasteiger partial charge on any atom is 0.262 e. The summed E-state index contributed by atoms with van der Waals surface area (Å²) in [6.45, 7) is 2.81. The summed E-state index contributed by atoms with van der Waals surface area (Å²) in [6, 6.07) is 7.95. The minimum absolute atomic E-state index is 0.134. The van der Waals surface area contributed by atoms with E-state index in [0.717, 1.165) is 15.3 Å². The van der Waals surface area contributed by atoms with Crippen LogP contribution in [-0.4, -0.2) is 33.5 Å². The Kier molecular flexibility index (Phi) is 4.63. The van der Waals surface area contributed by atoms with Crippen LogP contribution in [0.1, 0.15) is 15.2 Å². The number of hydrogen-bond donors (Lipinski definition) is 2. The van der Waals surface area contributed by atoms with Crippen molar-refractivity contribution in [2.75, 3.05) is 18.4 Å². The lowest BCUT2D eigenvalue weighted by molar-refractivity contribution is 0.0959. The third-order valence-corrected chi connectivity index (χ3v) is 6.39. The molecule has 0 aliphatic rings. The number of thiophene rings is 1. The summed E-state index contributed by atoms with van der Waals surface area (Å²) in [5.74, 6) is -0.191. The number of hydrogen-bond acceptors (Lipinski definition) is 7. The highest BCUT2D eigenvalue weighted by Gasteiger charge is 2.18. The summed E-state index contributed by atoms with van der Waals surface area (Å²) in [5.41, 5.74) is 1.51. The third kappa shape index (κ3) is 3.31. The van der Waals surface area contributed by atoms with E-state index in [-0.39, 0.29) is 11.5 Å². The molecule has 0 fully saturated rings. The fourth-order valence-electron chi connectivity index (χ4n) is 2.80. The van der Waals surface area contributed by atoms with Gasteiger partial charge in [0.15, 0.2) is 5.13 Å². The van der Waals surface area contributed by atoms with E-state index < -0.39 is 0 Å². The van der Waals surface area contributed by atoms with E-state index in [0.29, 0.717) is 33.7 Å². The molecule has 0 saturated carbocycles. The molecule has 0 atom stereocenters. The highest BCUT2D eigenvalue weighted by atomic mass is 32.1. The lowest BCUT2D eigenvalue weighted by Gasteiger charge is -2.05. The number of nitrogens with one attached hydrogen (secondary N) is 2. The number of carbonyl (C=O) groups excluding carboxylic acids is 1. The monoisotopic (exact) mass is 399 g/mol. The Balaban J connectivity index is 1.41. The predicted molar refractivity (Wildman–Crippen MR) is 110 cm³/mol. The van der Waals surface area contributed by atoms with Gasteiger partial charge in [-0.1, -0.05) is 23.5 Å². The number of nitrogens with zero attached hydrogens (tertiary/aromatic N) is 3. The Morgan fingerprint density at radius 2 is 2.04 bits per heavy atom. The standard InChI is InChI=1S/C18H17N5O2S2/c1-10-13-16(21-9-23(2)17(13)25)27-14(10)15(24)19-7-8-20-18-22-11-5-3-4-6-12(11)26-18/h3-6,9H,7-8H2,1-2H3,(H,19,24)(H,20,22). The van der Waals surface area contributed by atoms with Gasteiger partial charge in [-0.15, -0.1) is 11.3 Å². The van der Waals surface area contributed by atoms with Crippen molar-refractivity contribution in [1.82, 2.24) is 19.9 Å². The first kappa shape index (κ1) is 17.6. The Labute approximate surface area is 162 Å². The molecule has 0 radical (unpaired) electrons. The molecule has 0 saturated heterocycles. The zero-order chi connectivity index (χ0) is 19.0. The molecule has 0 aliphatic heterocycles. The highest BCUT2D eigenvalue weighted by molar-refractivity contribution is 7.22. The maximum atomic E-state index is 12.5. The average Bonchev–Trinajstić information content (AvgIpc) is 3.22. The quantitative estimate of drug-likeness (QED) is 0.504. The largest absolute Gasteiger partial charge is 0.360 e. The Morgan fingerprint density at radius 1 is 1.22 bits per heavy atom. The van der Waals surface area contributed by atoms with E-state index in [1.54, 1.807) is 25.3 Å². The third-order valence-electron chi connectivity index (χ3n) is 4.20. The van der Waals surface area contributed by atoms with Gasteiger partial charge in [0.25, 0.3) is 11.5 Å². The number of aromatic nitrogens is 3. The van der Waals surface area contributed by atoms with Gasteiger partial charge in [0, 0.05) is 20.1 Å². The zero-order valence-electron chi connectivity index (χ0n) is 14.8. The van der Waals surface area contributed by atoms with E-state index in [4.69, 9.17) is 0 Å². The van der Waals surface area contributed by atoms with Crippen molar-refractivity contribution in [3.05, 3.63) is 51.4 Å². The van der Waals surface area contributed by atoms with Crippen LogP contribution in [0.5, 0.6) is 0 Å². The van der Waals surface area contributed by atoms with Crippen molar-refractivity contribution in [2.24, 2.45) is 7.05 Å². The van der Waals surface area contributed by atoms with Gasteiger partial charge in [0.05, 0.1) is 26.8 Å². The SMILES string of the molecule is Cc1c(C(=O)NCCNc2nc3ccccc3s2)sc2ncn(C)c(=O)c12. The van der Waals surface area contributed by atoms with Crippen molar-refractivity contribution in [2.45, 2.75) is 6.92 Å². The summed E-state index contributed by atoms with van der Waals surface area (Å²) >= 11 is 2.83. The molecule has 2 N–H and O–H groups in total. The van der Waals surface area contributed by atoms with Crippen molar-refractivity contribution in [3.63, 3.8) is 0 Å². The Morgan fingerprint density at radius 3 is 2.85 bits per heavy atom. The first-order valence-corrected chi connectivity index (χ1v) is 10.0. The van der Waals surface area contributed by atoms with Crippen LogP contribution in [0.25, 0.3) is 20.4 Å². The molecular weight excluding hydrogens is 382 g/mol. The first-order valence-electron chi connectivity index (χ1n) is 8.37. The molecule has 1 aromatic carbocycles. The van der Waals surface area contributed by atoms with Crippen LogP contribution in [0.2, 0.25) is 0 Å². The van der Waals surface area contributed by atoms with Crippen molar-refractivity contribution in [3.8, 4) is 0 Å². The summed E-state index contributed by atoms with van der Waals surface area (Å²) in [7, 11) is 1.65. The molecule has 1 amide bonds. The summed E-state index contributed by atoms with van der Waals surface area (Å²) < 4.78 is 2.55. The fourth-order valence-corrected chi connectivity index (χ4v) is 4.75. The molecule has 0 bridgehead atoms. The van der Waals surface area contributed by atoms with Crippen LogP contribution in [0.15, 0.2) is 35.4 Å². The number of para-hydroxylation sites is 1. The molecule has 9 heteroatoms. The molecule has 0 spiro atoms. The van der Waals surface area contributed by atoms with Crippen molar-refractivity contribution < 1.29 is 4.79 Å². The zero-order valence-corrected chi connectivity index (χ0v) is 16.4. The molecule has 0 unspecified atom stereocenters. The Hall–Kier alpha value is -2.78. The van der Waals surface area contributed by atoms with E-state index in [9.17, 15) is 9.59 Å². The molecule has 4 aromatic rings. The molecule has 27 heavy (non-hydrogen) atoms. The Bertz CT molecular complexity index is 1170. The summed E-state index contributed by atoms with van der Waals surface area (Å²) in [5, 5.41) is 7.46. The lowest BCUT2D eigenvalue weighted by atomic mass is 10.2. The van der Waals surface area contributed by atoms with Gasteiger partial charge in [-0.2, -0.15) is 0 Å². The van der Waals surface area contributed by atoms with E-state index in [1.165, 1.54) is 22.2 Å². The normalized spacial score (nSPS) is 11.2. The second-order valence-corrected chi connectivity index (χ2v) is 8.10. The van der Waals surface area contributed by atoms with Crippen LogP contribution in [0.3, 0.4) is 0 Å². The van der Waals surface area contributed by atoms with Crippen molar-refractivity contribution >= 4 is 54.1 Å². The highest BCUT2D eigenvalue weighted by Crippen LogP contribution is 2.27. The van der Waals surface area contributed by atoms with E-state index >= 15 is 0 Å². The number of fused-ring (bicyclic) bond motifs is 2. The number of carbonyl (C=O) groups is 1. The summed E-state index contributed by atoms with van der Waals surface area (Å²) in [4.78, 5) is 34.6. The van der Waals surface area contributed by atoms with Gasteiger partial charge in [0.2, 0.25) is 0 Å². The molecular formula is C18H17N5O2S2. The number of thiazole rings is 1. The molecule has 138 valence electrons. The maximum absolute atomic E-state index is 12.5. The molecule has 3 heterocycles. The molecule has 4 rings (SSSR count). The fraction of sp³-hybridized carbons (Fsp3) is 0.222. The smallest absolute Gasteiger partial charge is 0.262 e. The lowest BCUT2D eigenvalue weighted by Crippen LogP contribution is -2.28. The topological polar surface area (TPSA) is 88.9 Å². The van der Waals surface area contributed by atoms with Gasteiger partial charge in [-0.25, -0.2) is 9.97 Å². The number of rotatable bonds is 5. The van der Waals surface area contributed by atoms with Crippen LogP contribution in [-0.2, 0) is 7.05 Å². The second-order valence-electron chi connectivity index (χ2n) is 6.07. The number of benzene rings is 1. The van der Waals surface area contributed by atoms with Gasteiger partial charge < -0.3 is 15.2 Å². The van der Waals surface area contributed by atoms with E-state index in [2.05, 4.69) is 20.6 Å². The van der Waals surface area contributed by atoms with Gasteiger partial charge in [-0.3, -0.25) is 9.59 Å². The molecule has 0 aliphatic carbocycles. The van der Waals surface area contributed by atoms with Gasteiger partial charge >= 0.3 is 0 Å². The van der Waals surface area contributed by atoms with Gasteiger partial charge in [0.1, 0.15) is 4.83 Å². The van der Waals surface area contributed by atoms with Crippen LogP contribution in [0, 0.1) is 6.92 Å². The number of amides is 1. The number of aryl methyl sites for hydroxylation is 2. The van der Waals surface area contributed by atoms with E-state index in [1.807, 2.05) is 24.3 Å².